The first kappa shape index (κ1) is 12.0. The second kappa shape index (κ2) is 4.63. The smallest absolute Gasteiger partial charge is 0.115 e. The van der Waals surface area contributed by atoms with Crippen molar-refractivity contribution >= 4 is 11.4 Å². The van der Waals surface area contributed by atoms with E-state index >= 15 is 0 Å². The molecule has 0 bridgehead atoms. The van der Waals surface area contributed by atoms with Gasteiger partial charge >= 0.3 is 0 Å². The normalized spacial score (nSPS) is 13.1. The highest BCUT2D eigenvalue weighted by Crippen LogP contribution is 2.30. The van der Waals surface area contributed by atoms with Crippen LogP contribution in [0.25, 0.3) is 11.3 Å². The molecular formula is C16H13N5. The number of fused-ring (bicyclic) bond motifs is 1. The molecule has 1 aromatic carbocycles. The van der Waals surface area contributed by atoms with Crippen LogP contribution < -0.4 is 0 Å². The maximum Gasteiger partial charge on any atom is 0.115 e. The maximum atomic E-state index is 4.67. The first-order valence-corrected chi connectivity index (χ1v) is 6.76. The quantitative estimate of drug-likeness (QED) is 0.722. The molecule has 4 rings (SSSR count). The van der Waals surface area contributed by atoms with Crippen LogP contribution in [-0.4, -0.2) is 25.2 Å². The van der Waals surface area contributed by atoms with Crippen molar-refractivity contribution in [3.63, 3.8) is 0 Å². The minimum absolute atomic E-state index is 0.719. The fraction of sp³-hybridized carbons (Fsp3) is 0.125. The Morgan fingerprint density at radius 2 is 1.95 bits per heavy atom. The van der Waals surface area contributed by atoms with Gasteiger partial charge in [0.25, 0.3) is 0 Å². The van der Waals surface area contributed by atoms with Crippen molar-refractivity contribution in [2.24, 2.45) is 12.0 Å². The Bertz CT molecular complexity index is 833. The molecule has 0 unspecified atom stereocenters. The number of nitrogens with zero attached hydrogens (tertiary/aromatic N) is 5. The van der Waals surface area contributed by atoms with Crippen LogP contribution in [0.2, 0.25) is 0 Å². The molecule has 3 aromatic rings. The van der Waals surface area contributed by atoms with E-state index in [0.29, 0.717) is 0 Å². The molecule has 1 aliphatic rings. The lowest BCUT2D eigenvalue weighted by molar-refractivity contribution is 0.899. The van der Waals surface area contributed by atoms with E-state index in [1.807, 2.05) is 36.1 Å². The predicted molar refractivity (Wildman–Crippen MR) is 80.6 cm³/mol. The fourth-order valence-corrected chi connectivity index (χ4v) is 2.64. The van der Waals surface area contributed by atoms with E-state index in [1.54, 1.807) is 12.5 Å². The van der Waals surface area contributed by atoms with E-state index in [-0.39, 0.29) is 0 Å². The van der Waals surface area contributed by atoms with Gasteiger partial charge in [0, 0.05) is 19.0 Å². The minimum atomic E-state index is 0.719. The highest BCUT2D eigenvalue weighted by atomic mass is 15.1. The average molecular weight is 275 g/mol. The van der Waals surface area contributed by atoms with Gasteiger partial charge < -0.3 is 4.57 Å². The molecule has 0 spiro atoms. The number of benzene rings is 1. The number of aromatic nitrogens is 4. The van der Waals surface area contributed by atoms with Crippen LogP contribution in [0.15, 0.2) is 54.2 Å². The Morgan fingerprint density at radius 3 is 2.76 bits per heavy atom. The van der Waals surface area contributed by atoms with Crippen molar-refractivity contribution in [1.82, 2.24) is 19.5 Å². The van der Waals surface area contributed by atoms with Crippen LogP contribution in [-0.2, 0) is 13.5 Å². The van der Waals surface area contributed by atoms with E-state index in [0.717, 1.165) is 40.5 Å². The van der Waals surface area contributed by atoms with Gasteiger partial charge in [-0.3, -0.25) is 0 Å². The molecule has 0 fully saturated rings. The Balaban J connectivity index is 1.83. The summed E-state index contributed by atoms with van der Waals surface area (Å²) in [7, 11) is 1.99. The van der Waals surface area contributed by atoms with Crippen LogP contribution in [0.5, 0.6) is 0 Å². The molecule has 5 heteroatoms. The molecule has 0 saturated carbocycles. The summed E-state index contributed by atoms with van der Waals surface area (Å²) in [5.41, 5.74) is 5.91. The fourth-order valence-electron chi connectivity index (χ4n) is 2.64. The Labute approximate surface area is 122 Å². The first-order chi connectivity index (χ1) is 10.3. The summed E-state index contributed by atoms with van der Waals surface area (Å²) < 4.78 is 2.01. The Kier molecular flexibility index (Phi) is 2.64. The zero-order valence-electron chi connectivity index (χ0n) is 11.6. The molecule has 2 aromatic heterocycles. The van der Waals surface area contributed by atoms with Crippen LogP contribution in [0, 0.1) is 0 Å². The van der Waals surface area contributed by atoms with Gasteiger partial charge in [0.1, 0.15) is 12.0 Å². The number of hydrogen-bond acceptors (Lipinski definition) is 4. The maximum absolute atomic E-state index is 4.67. The Hall–Kier alpha value is -2.82. The first-order valence-electron chi connectivity index (χ1n) is 6.76. The second-order valence-corrected chi connectivity index (χ2v) is 5.01. The summed E-state index contributed by atoms with van der Waals surface area (Å²) in [6.45, 7) is 0. The van der Waals surface area contributed by atoms with Crippen LogP contribution in [0.3, 0.4) is 0 Å². The van der Waals surface area contributed by atoms with Crippen molar-refractivity contribution in [3.05, 3.63) is 60.6 Å². The number of aliphatic imine (C=N–C) groups is 1. The largest absolute Gasteiger partial charge is 0.332 e. The summed E-state index contributed by atoms with van der Waals surface area (Å²) >= 11 is 0. The monoisotopic (exact) mass is 275 g/mol. The number of aryl methyl sites for hydroxylation is 1. The number of rotatable bonds is 2. The predicted octanol–water partition coefficient (Wildman–Crippen LogP) is 2.55. The molecule has 5 nitrogen and oxygen atoms in total. The van der Waals surface area contributed by atoms with Crippen LogP contribution >= 0.6 is 0 Å². The van der Waals surface area contributed by atoms with Gasteiger partial charge in [0.2, 0.25) is 0 Å². The van der Waals surface area contributed by atoms with E-state index in [2.05, 4.69) is 32.1 Å². The lowest BCUT2D eigenvalue weighted by Gasteiger charge is -2.05. The third kappa shape index (κ3) is 1.94. The van der Waals surface area contributed by atoms with Gasteiger partial charge in [0.15, 0.2) is 0 Å². The summed E-state index contributed by atoms with van der Waals surface area (Å²) in [6.07, 6.45) is 5.87. The highest BCUT2D eigenvalue weighted by Gasteiger charge is 2.23. The zero-order valence-corrected chi connectivity index (χ0v) is 11.6. The van der Waals surface area contributed by atoms with E-state index < -0.39 is 0 Å². The second-order valence-electron chi connectivity index (χ2n) is 5.01. The lowest BCUT2D eigenvalue weighted by Crippen LogP contribution is -2.08. The van der Waals surface area contributed by atoms with E-state index in [4.69, 9.17) is 0 Å². The molecule has 0 radical (unpaired) electrons. The summed E-state index contributed by atoms with van der Waals surface area (Å²) in [5, 5.41) is 0. The molecule has 102 valence electrons. The third-order valence-corrected chi connectivity index (χ3v) is 3.62. The Morgan fingerprint density at radius 1 is 1.10 bits per heavy atom. The number of hydrogen-bond donors (Lipinski definition) is 0. The van der Waals surface area contributed by atoms with Gasteiger partial charge in [-0.25, -0.2) is 19.9 Å². The summed E-state index contributed by atoms with van der Waals surface area (Å²) in [5.74, 6) is 0. The van der Waals surface area contributed by atoms with Gasteiger partial charge in [0.05, 0.1) is 35.3 Å². The molecular weight excluding hydrogens is 262 g/mol. The van der Waals surface area contributed by atoms with Gasteiger partial charge in [-0.1, -0.05) is 30.3 Å². The molecule has 3 heterocycles. The zero-order chi connectivity index (χ0) is 14.2. The molecule has 0 N–H and O–H groups in total. The van der Waals surface area contributed by atoms with Crippen molar-refractivity contribution in [2.75, 3.05) is 0 Å². The minimum Gasteiger partial charge on any atom is -0.332 e. The van der Waals surface area contributed by atoms with Crippen LogP contribution in [0.4, 0.5) is 5.69 Å². The van der Waals surface area contributed by atoms with Crippen LogP contribution in [0.1, 0.15) is 11.4 Å². The topological polar surface area (TPSA) is 56.0 Å². The van der Waals surface area contributed by atoms with Crippen molar-refractivity contribution in [3.8, 4) is 11.3 Å². The van der Waals surface area contributed by atoms with Crippen molar-refractivity contribution < 1.29 is 0 Å². The van der Waals surface area contributed by atoms with Gasteiger partial charge in [-0.05, 0) is 0 Å². The van der Waals surface area contributed by atoms with Crippen molar-refractivity contribution in [2.45, 2.75) is 6.42 Å². The molecule has 21 heavy (non-hydrogen) atoms. The SMILES string of the molecule is Cn1cnc(-c2ccccc2)c1C1=Nc2cncnc2C1. The van der Waals surface area contributed by atoms with E-state index in [1.165, 1.54) is 0 Å². The summed E-state index contributed by atoms with van der Waals surface area (Å²) in [6, 6.07) is 10.2. The number of imidazole rings is 1. The summed E-state index contributed by atoms with van der Waals surface area (Å²) in [4.78, 5) is 17.5. The van der Waals surface area contributed by atoms with Gasteiger partial charge in [-0.2, -0.15) is 0 Å². The van der Waals surface area contributed by atoms with E-state index in [9.17, 15) is 0 Å². The lowest BCUT2D eigenvalue weighted by atomic mass is 10.1. The highest BCUT2D eigenvalue weighted by molar-refractivity contribution is 6.08. The van der Waals surface area contributed by atoms with Crippen molar-refractivity contribution in [1.29, 1.82) is 0 Å². The third-order valence-electron chi connectivity index (χ3n) is 3.62. The average Bonchev–Trinajstić information content (AvgIpc) is 3.11. The molecule has 1 aliphatic heterocycles. The molecule has 0 amide bonds. The van der Waals surface area contributed by atoms with Gasteiger partial charge in [-0.15, -0.1) is 0 Å². The molecule has 0 saturated heterocycles. The molecule has 0 aliphatic carbocycles. The standard InChI is InChI=1S/C16H13N5/c1-21-10-19-15(11-5-3-2-4-6-11)16(21)13-7-12-14(20-13)8-17-9-18-12/h2-6,8-10H,7H2,1H3. The molecule has 0 atom stereocenters.